The van der Waals surface area contributed by atoms with E-state index < -0.39 is 5.97 Å². The predicted octanol–water partition coefficient (Wildman–Crippen LogP) is 1.42. The van der Waals surface area contributed by atoms with E-state index >= 15 is 0 Å². The molecule has 16 heavy (non-hydrogen) atoms. The molecule has 5 heteroatoms. The van der Waals surface area contributed by atoms with E-state index in [4.69, 9.17) is 10.8 Å². The Morgan fingerprint density at radius 2 is 1.88 bits per heavy atom. The maximum atomic E-state index is 10.9. The molecule has 1 aromatic carbocycles. The molecule has 0 saturated heterocycles. The van der Waals surface area contributed by atoms with Gasteiger partial charge in [-0.15, -0.1) is 0 Å². The van der Waals surface area contributed by atoms with Crippen molar-refractivity contribution in [2.45, 2.75) is 0 Å². The summed E-state index contributed by atoms with van der Waals surface area (Å²) in [5.41, 5.74) is 7.37. The lowest BCUT2D eigenvalue weighted by atomic mass is 10.0. The van der Waals surface area contributed by atoms with E-state index in [0.29, 0.717) is 0 Å². The first-order valence-corrected chi connectivity index (χ1v) is 4.56. The van der Waals surface area contributed by atoms with Crippen LogP contribution < -0.4 is 5.73 Å². The Bertz CT molecular complexity index is 526. The molecule has 0 atom stereocenters. The molecule has 0 spiro atoms. The van der Waals surface area contributed by atoms with Gasteiger partial charge in [-0.1, -0.05) is 6.07 Å². The van der Waals surface area contributed by atoms with Gasteiger partial charge in [0, 0.05) is 23.6 Å². The standard InChI is InChI=1S/C11H9N3O2/c12-10-2-1-7(3-9(10)11(15)16)8-4-13-6-14-5-8/h1-6H,12H2,(H,15,16). The fourth-order valence-corrected chi connectivity index (χ4v) is 1.37. The minimum atomic E-state index is -1.05. The zero-order valence-corrected chi connectivity index (χ0v) is 8.29. The van der Waals surface area contributed by atoms with Gasteiger partial charge in [-0.05, 0) is 17.7 Å². The molecule has 80 valence electrons. The highest BCUT2D eigenvalue weighted by Crippen LogP contribution is 2.22. The summed E-state index contributed by atoms with van der Waals surface area (Å²) in [6, 6.07) is 4.81. The number of rotatable bonds is 2. The first kappa shape index (κ1) is 10.1. The highest BCUT2D eigenvalue weighted by molar-refractivity contribution is 5.95. The second kappa shape index (κ2) is 3.98. The van der Waals surface area contributed by atoms with Crippen molar-refractivity contribution in [3.8, 4) is 11.1 Å². The molecule has 0 unspecified atom stereocenters. The quantitative estimate of drug-likeness (QED) is 0.739. The molecule has 2 rings (SSSR count). The summed E-state index contributed by atoms with van der Waals surface area (Å²) in [4.78, 5) is 18.6. The minimum absolute atomic E-state index is 0.0846. The summed E-state index contributed by atoms with van der Waals surface area (Å²) in [6.45, 7) is 0. The zero-order valence-electron chi connectivity index (χ0n) is 8.29. The van der Waals surface area contributed by atoms with E-state index in [0.717, 1.165) is 11.1 Å². The molecule has 2 aromatic rings. The van der Waals surface area contributed by atoms with Crippen LogP contribution in [0.3, 0.4) is 0 Å². The third-order valence-electron chi connectivity index (χ3n) is 2.18. The molecule has 1 aromatic heterocycles. The summed E-state index contributed by atoms with van der Waals surface area (Å²) >= 11 is 0. The SMILES string of the molecule is Nc1ccc(-c2cncnc2)cc1C(=O)O. The molecule has 1 heterocycles. The van der Waals surface area contributed by atoms with Gasteiger partial charge in [0.2, 0.25) is 0 Å². The normalized spacial score (nSPS) is 10.0. The van der Waals surface area contributed by atoms with Crippen molar-refractivity contribution in [1.29, 1.82) is 0 Å². The molecule has 3 N–H and O–H groups in total. The molecule has 0 bridgehead atoms. The van der Waals surface area contributed by atoms with Gasteiger partial charge in [0.15, 0.2) is 0 Å². The summed E-state index contributed by atoms with van der Waals surface area (Å²) in [7, 11) is 0. The Morgan fingerprint density at radius 1 is 1.19 bits per heavy atom. The van der Waals surface area contributed by atoms with E-state index in [1.165, 1.54) is 12.4 Å². The lowest BCUT2D eigenvalue weighted by molar-refractivity contribution is 0.0698. The number of hydrogen-bond donors (Lipinski definition) is 2. The van der Waals surface area contributed by atoms with Gasteiger partial charge in [0.25, 0.3) is 0 Å². The maximum Gasteiger partial charge on any atom is 0.337 e. The summed E-state index contributed by atoms with van der Waals surface area (Å²) in [6.07, 6.45) is 4.65. The van der Waals surface area contributed by atoms with Gasteiger partial charge in [0.1, 0.15) is 6.33 Å². The van der Waals surface area contributed by atoms with Crippen molar-refractivity contribution in [2.75, 3.05) is 5.73 Å². The minimum Gasteiger partial charge on any atom is -0.478 e. The molecule has 0 radical (unpaired) electrons. The lowest BCUT2D eigenvalue weighted by Crippen LogP contribution is -2.02. The van der Waals surface area contributed by atoms with Crippen molar-refractivity contribution in [3.05, 3.63) is 42.5 Å². The van der Waals surface area contributed by atoms with Crippen LogP contribution in [0.4, 0.5) is 5.69 Å². The van der Waals surface area contributed by atoms with Crippen molar-refractivity contribution >= 4 is 11.7 Å². The fraction of sp³-hybridized carbons (Fsp3) is 0. The number of aromatic nitrogens is 2. The van der Waals surface area contributed by atoms with E-state index in [1.807, 2.05) is 0 Å². The van der Waals surface area contributed by atoms with Crippen LogP contribution in [0.5, 0.6) is 0 Å². The number of carboxylic acid groups (broad SMARTS) is 1. The second-order valence-electron chi connectivity index (χ2n) is 3.23. The molecular formula is C11H9N3O2. The highest BCUT2D eigenvalue weighted by Gasteiger charge is 2.09. The van der Waals surface area contributed by atoms with Crippen molar-refractivity contribution in [1.82, 2.24) is 9.97 Å². The number of benzene rings is 1. The first-order chi connectivity index (χ1) is 7.68. The molecular weight excluding hydrogens is 206 g/mol. The summed E-state index contributed by atoms with van der Waals surface area (Å²) < 4.78 is 0. The zero-order chi connectivity index (χ0) is 11.5. The third kappa shape index (κ3) is 1.83. The Kier molecular flexibility index (Phi) is 2.51. The van der Waals surface area contributed by atoms with Crippen LogP contribution in [0.15, 0.2) is 36.9 Å². The van der Waals surface area contributed by atoms with E-state index in [2.05, 4.69) is 9.97 Å². The smallest absolute Gasteiger partial charge is 0.337 e. The third-order valence-corrected chi connectivity index (χ3v) is 2.18. The first-order valence-electron chi connectivity index (χ1n) is 4.56. The average Bonchev–Trinajstić information content (AvgIpc) is 2.30. The maximum absolute atomic E-state index is 10.9. The van der Waals surface area contributed by atoms with Crippen molar-refractivity contribution in [2.24, 2.45) is 0 Å². The number of nitrogens with two attached hydrogens (primary N) is 1. The average molecular weight is 215 g/mol. The monoisotopic (exact) mass is 215 g/mol. The van der Waals surface area contributed by atoms with Crippen molar-refractivity contribution < 1.29 is 9.90 Å². The molecule has 0 aliphatic carbocycles. The highest BCUT2D eigenvalue weighted by atomic mass is 16.4. The molecule has 5 nitrogen and oxygen atoms in total. The Balaban J connectivity index is 2.52. The van der Waals surface area contributed by atoms with Crippen LogP contribution >= 0.6 is 0 Å². The lowest BCUT2D eigenvalue weighted by Gasteiger charge is -2.04. The molecule has 0 amide bonds. The number of anilines is 1. The number of carboxylic acids is 1. The largest absolute Gasteiger partial charge is 0.478 e. The van der Waals surface area contributed by atoms with Gasteiger partial charge < -0.3 is 10.8 Å². The van der Waals surface area contributed by atoms with Gasteiger partial charge in [-0.2, -0.15) is 0 Å². The van der Waals surface area contributed by atoms with Crippen LogP contribution in [0.2, 0.25) is 0 Å². The van der Waals surface area contributed by atoms with Gasteiger partial charge >= 0.3 is 5.97 Å². The number of aromatic carboxylic acids is 1. The van der Waals surface area contributed by atoms with Gasteiger partial charge in [0.05, 0.1) is 5.56 Å². The molecule has 0 aliphatic heterocycles. The van der Waals surface area contributed by atoms with Crippen LogP contribution in [-0.4, -0.2) is 21.0 Å². The summed E-state index contributed by atoms with van der Waals surface area (Å²) in [5, 5.41) is 8.93. The predicted molar refractivity (Wildman–Crippen MR) is 58.8 cm³/mol. The van der Waals surface area contributed by atoms with Crippen LogP contribution in [-0.2, 0) is 0 Å². The number of carbonyl (C=O) groups is 1. The molecule has 0 aliphatic rings. The van der Waals surface area contributed by atoms with Crippen LogP contribution in [0.25, 0.3) is 11.1 Å². The van der Waals surface area contributed by atoms with Crippen LogP contribution in [0, 0.1) is 0 Å². The van der Waals surface area contributed by atoms with Crippen LogP contribution in [0.1, 0.15) is 10.4 Å². The van der Waals surface area contributed by atoms with E-state index in [9.17, 15) is 4.79 Å². The number of nitrogens with zero attached hydrogens (tertiary/aromatic N) is 2. The van der Waals surface area contributed by atoms with Crippen molar-refractivity contribution in [3.63, 3.8) is 0 Å². The summed E-state index contributed by atoms with van der Waals surface area (Å²) in [5.74, 6) is -1.05. The Morgan fingerprint density at radius 3 is 2.50 bits per heavy atom. The fourth-order valence-electron chi connectivity index (χ4n) is 1.37. The Labute approximate surface area is 91.6 Å². The topological polar surface area (TPSA) is 89.1 Å². The number of hydrogen-bond acceptors (Lipinski definition) is 4. The Hall–Kier alpha value is -2.43. The van der Waals surface area contributed by atoms with Gasteiger partial charge in [-0.3, -0.25) is 0 Å². The molecule has 0 fully saturated rings. The second-order valence-corrected chi connectivity index (χ2v) is 3.23. The molecule has 0 saturated carbocycles. The van der Waals surface area contributed by atoms with Gasteiger partial charge in [-0.25, -0.2) is 14.8 Å². The number of nitrogen functional groups attached to an aromatic ring is 1. The van der Waals surface area contributed by atoms with E-state index in [1.54, 1.807) is 24.5 Å². The van der Waals surface area contributed by atoms with E-state index in [-0.39, 0.29) is 11.3 Å².